The Hall–Kier alpha value is -3.90. The van der Waals surface area contributed by atoms with Crippen molar-refractivity contribution in [3.63, 3.8) is 0 Å². The predicted octanol–water partition coefficient (Wildman–Crippen LogP) is 4.65. The van der Waals surface area contributed by atoms with Gasteiger partial charge in [0.2, 0.25) is 5.91 Å². The average Bonchev–Trinajstić information content (AvgIpc) is 3.16. The zero-order valence-electron chi connectivity index (χ0n) is 15.6. The molecule has 0 aliphatic carbocycles. The predicted molar refractivity (Wildman–Crippen MR) is 110 cm³/mol. The van der Waals surface area contributed by atoms with E-state index in [2.05, 4.69) is 10.3 Å². The van der Waals surface area contributed by atoms with Gasteiger partial charge in [0.25, 0.3) is 5.91 Å². The molecule has 150 valence electrons. The van der Waals surface area contributed by atoms with Gasteiger partial charge in [0.05, 0.1) is 11.4 Å². The Labute approximate surface area is 174 Å². The molecule has 1 heterocycles. The fourth-order valence-corrected chi connectivity index (χ4v) is 3.37. The van der Waals surface area contributed by atoms with Crippen LogP contribution in [0.15, 0.2) is 59.5 Å². The van der Waals surface area contributed by atoms with Gasteiger partial charge in [-0.25, -0.2) is 13.8 Å². The van der Waals surface area contributed by atoms with Crippen molar-refractivity contribution in [3.05, 3.63) is 76.8 Å². The Morgan fingerprint density at radius 2 is 1.93 bits per heavy atom. The van der Waals surface area contributed by atoms with Gasteiger partial charge in [-0.3, -0.25) is 14.5 Å². The number of thiazole rings is 1. The lowest BCUT2D eigenvalue weighted by molar-refractivity contribution is -0.116. The van der Waals surface area contributed by atoms with Gasteiger partial charge >= 0.3 is 0 Å². The summed E-state index contributed by atoms with van der Waals surface area (Å²) in [6.07, 6.45) is 1.26. The van der Waals surface area contributed by atoms with E-state index in [4.69, 9.17) is 0 Å². The molecule has 0 fully saturated rings. The highest BCUT2D eigenvalue weighted by Gasteiger charge is 2.21. The number of hydrogen-bond acceptors (Lipinski definition) is 5. The van der Waals surface area contributed by atoms with Crippen LogP contribution in [0.1, 0.15) is 12.6 Å². The van der Waals surface area contributed by atoms with Crippen LogP contribution in [-0.4, -0.2) is 16.8 Å². The molecule has 0 saturated carbocycles. The SMILES string of the molecule is CC(=O)N(c1nc(/C=C(\C#N)C(=O)Nc2ccccc2)cs1)c1ccc(F)cc1F. The van der Waals surface area contributed by atoms with E-state index in [0.717, 1.165) is 28.4 Å². The molecule has 2 amide bonds. The third-order valence-electron chi connectivity index (χ3n) is 3.86. The zero-order valence-corrected chi connectivity index (χ0v) is 16.4. The van der Waals surface area contributed by atoms with Crippen molar-refractivity contribution < 1.29 is 18.4 Å². The van der Waals surface area contributed by atoms with E-state index in [1.54, 1.807) is 30.3 Å². The number of benzene rings is 2. The van der Waals surface area contributed by atoms with E-state index in [0.29, 0.717) is 11.8 Å². The third kappa shape index (κ3) is 4.74. The van der Waals surface area contributed by atoms with Crippen LogP contribution < -0.4 is 10.2 Å². The van der Waals surface area contributed by atoms with Crippen molar-refractivity contribution in [2.45, 2.75) is 6.92 Å². The number of para-hydroxylation sites is 1. The maximum atomic E-state index is 14.2. The Morgan fingerprint density at radius 3 is 2.57 bits per heavy atom. The molecule has 1 aromatic heterocycles. The number of nitriles is 1. The van der Waals surface area contributed by atoms with E-state index in [1.807, 2.05) is 6.07 Å². The molecule has 0 aliphatic heterocycles. The van der Waals surface area contributed by atoms with Gasteiger partial charge in [-0.1, -0.05) is 18.2 Å². The number of anilines is 3. The fraction of sp³-hybridized carbons (Fsp3) is 0.0476. The molecule has 0 spiro atoms. The second-order valence-electron chi connectivity index (χ2n) is 6.00. The standard InChI is InChI=1S/C21H14F2N4O2S/c1-13(28)27(19-8-7-15(22)10-18(19)23)21-26-17(12-30-21)9-14(11-24)20(29)25-16-5-3-2-4-6-16/h2-10,12H,1H3,(H,25,29)/b14-9+. The van der Waals surface area contributed by atoms with Gasteiger partial charge in [-0.2, -0.15) is 5.26 Å². The molecule has 1 N–H and O–H groups in total. The lowest BCUT2D eigenvalue weighted by Gasteiger charge is -2.18. The van der Waals surface area contributed by atoms with Gasteiger partial charge in [0, 0.05) is 24.1 Å². The Kier molecular flexibility index (Phi) is 6.29. The van der Waals surface area contributed by atoms with Gasteiger partial charge < -0.3 is 5.32 Å². The molecule has 3 rings (SSSR count). The van der Waals surface area contributed by atoms with Crippen LogP contribution in [0.3, 0.4) is 0 Å². The van der Waals surface area contributed by atoms with E-state index in [-0.39, 0.29) is 22.1 Å². The largest absolute Gasteiger partial charge is 0.321 e. The Bertz CT molecular complexity index is 1170. The second-order valence-corrected chi connectivity index (χ2v) is 6.83. The third-order valence-corrected chi connectivity index (χ3v) is 4.70. The van der Waals surface area contributed by atoms with Crippen LogP contribution in [0.25, 0.3) is 6.08 Å². The van der Waals surface area contributed by atoms with Crippen LogP contribution in [0.5, 0.6) is 0 Å². The summed E-state index contributed by atoms with van der Waals surface area (Å²) >= 11 is 1.01. The summed E-state index contributed by atoms with van der Waals surface area (Å²) in [4.78, 5) is 29.6. The number of rotatable bonds is 5. The number of carbonyl (C=O) groups is 2. The van der Waals surface area contributed by atoms with E-state index in [1.165, 1.54) is 18.4 Å². The lowest BCUT2D eigenvalue weighted by Crippen LogP contribution is -2.23. The van der Waals surface area contributed by atoms with Crippen molar-refractivity contribution in [2.24, 2.45) is 0 Å². The maximum Gasteiger partial charge on any atom is 0.266 e. The van der Waals surface area contributed by atoms with Crippen molar-refractivity contribution in [2.75, 3.05) is 10.2 Å². The monoisotopic (exact) mass is 424 g/mol. The van der Waals surface area contributed by atoms with Gasteiger partial charge in [0.15, 0.2) is 5.13 Å². The lowest BCUT2D eigenvalue weighted by atomic mass is 10.2. The number of aromatic nitrogens is 1. The number of halogens is 2. The van der Waals surface area contributed by atoms with Crippen molar-refractivity contribution >= 4 is 45.7 Å². The molecular formula is C21H14F2N4O2S. The quantitative estimate of drug-likeness (QED) is 0.477. The number of hydrogen-bond donors (Lipinski definition) is 1. The topological polar surface area (TPSA) is 86.1 Å². The normalized spacial score (nSPS) is 10.9. The van der Waals surface area contributed by atoms with Crippen LogP contribution in [0.2, 0.25) is 0 Å². The van der Waals surface area contributed by atoms with Gasteiger partial charge in [-0.05, 0) is 30.3 Å². The van der Waals surface area contributed by atoms with Crippen LogP contribution in [0.4, 0.5) is 25.3 Å². The van der Waals surface area contributed by atoms with Crippen LogP contribution in [0, 0.1) is 23.0 Å². The first-order chi connectivity index (χ1) is 14.4. The molecule has 0 bridgehead atoms. The first-order valence-electron chi connectivity index (χ1n) is 8.58. The highest BCUT2D eigenvalue weighted by molar-refractivity contribution is 7.14. The van der Waals surface area contributed by atoms with E-state index >= 15 is 0 Å². The molecule has 2 aromatic carbocycles. The molecule has 0 saturated heterocycles. The van der Waals surface area contributed by atoms with E-state index < -0.39 is 23.4 Å². The minimum Gasteiger partial charge on any atom is -0.321 e. The summed E-state index contributed by atoms with van der Waals surface area (Å²) in [6.45, 7) is 1.22. The highest BCUT2D eigenvalue weighted by atomic mass is 32.1. The van der Waals surface area contributed by atoms with Crippen LogP contribution in [-0.2, 0) is 9.59 Å². The molecule has 9 heteroatoms. The molecule has 6 nitrogen and oxygen atoms in total. The zero-order chi connectivity index (χ0) is 21.7. The summed E-state index contributed by atoms with van der Waals surface area (Å²) in [5, 5.41) is 13.5. The second kappa shape index (κ2) is 9.07. The summed E-state index contributed by atoms with van der Waals surface area (Å²) in [5.41, 5.74) is 0.412. The number of nitrogens with one attached hydrogen (secondary N) is 1. The number of amides is 2. The summed E-state index contributed by atoms with van der Waals surface area (Å²) in [6, 6.07) is 13.3. The molecule has 0 atom stereocenters. The van der Waals surface area contributed by atoms with Crippen molar-refractivity contribution in [3.8, 4) is 6.07 Å². The first kappa shape index (κ1) is 20.8. The molecule has 0 radical (unpaired) electrons. The Balaban J connectivity index is 1.88. The average molecular weight is 424 g/mol. The highest BCUT2D eigenvalue weighted by Crippen LogP contribution is 2.31. The van der Waals surface area contributed by atoms with Crippen molar-refractivity contribution in [1.29, 1.82) is 5.26 Å². The first-order valence-corrected chi connectivity index (χ1v) is 9.46. The van der Waals surface area contributed by atoms with Gasteiger partial charge in [0.1, 0.15) is 23.3 Å². The molecule has 0 unspecified atom stereocenters. The minimum absolute atomic E-state index is 0.111. The summed E-state index contributed by atoms with van der Waals surface area (Å²) in [7, 11) is 0. The Morgan fingerprint density at radius 1 is 1.20 bits per heavy atom. The summed E-state index contributed by atoms with van der Waals surface area (Å²) in [5.74, 6) is -2.85. The molecule has 30 heavy (non-hydrogen) atoms. The fourth-order valence-electron chi connectivity index (χ4n) is 2.53. The van der Waals surface area contributed by atoms with Crippen LogP contribution >= 0.6 is 11.3 Å². The van der Waals surface area contributed by atoms with Gasteiger partial charge in [-0.15, -0.1) is 11.3 Å². The number of carbonyl (C=O) groups excluding carboxylic acids is 2. The minimum atomic E-state index is -0.919. The molecule has 3 aromatic rings. The summed E-state index contributed by atoms with van der Waals surface area (Å²) < 4.78 is 27.4. The molecule has 0 aliphatic rings. The smallest absolute Gasteiger partial charge is 0.266 e. The van der Waals surface area contributed by atoms with E-state index in [9.17, 15) is 23.6 Å². The number of nitrogens with zero attached hydrogens (tertiary/aromatic N) is 3. The molecular weight excluding hydrogens is 410 g/mol. The maximum absolute atomic E-state index is 14.2. The van der Waals surface area contributed by atoms with Crippen molar-refractivity contribution in [1.82, 2.24) is 4.98 Å².